The zero-order valence-corrected chi connectivity index (χ0v) is 21.2. The molecule has 4 N–H and O–H groups in total. The van der Waals surface area contributed by atoms with Gasteiger partial charge in [0.05, 0.1) is 16.6 Å². The predicted octanol–water partition coefficient (Wildman–Crippen LogP) is 5.39. The molecule has 0 bridgehead atoms. The Morgan fingerprint density at radius 1 is 0.950 bits per heavy atom. The van der Waals surface area contributed by atoms with Crippen LogP contribution in [0.25, 0.3) is 16.7 Å². The number of nitrogens with two attached hydrogens (primary N) is 1. The number of halogens is 3. The fourth-order valence-electron chi connectivity index (χ4n) is 4.18. The highest BCUT2D eigenvalue weighted by Crippen LogP contribution is 2.30. The van der Waals surface area contributed by atoms with E-state index in [2.05, 4.69) is 25.6 Å². The van der Waals surface area contributed by atoms with Crippen LogP contribution in [0, 0.1) is 13.8 Å². The van der Waals surface area contributed by atoms with Gasteiger partial charge in [0.2, 0.25) is 5.95 Å². The number of carbonyl (C=O) groups excluding carboxylic acids is 1. The first-order valence-corrected chi connectivity index (χ1v) is 12.0. The summed E-state index contributed by atoms with van der Waals surface area (Å²) in [5.41, 5.74) is 7.46. The molecule has 0 saturated heterocycles. The van der Waals surface area contributed by atoms with Gasteiger partial charge in [-0.1, -0.05) is 18.2 Å². The van der Waals surface area contributed by atoms with Crippen LogP contribution in [-0.4, -0.2) is 25.4 Å². The van der Waals surface area contributed by atoms with Gasteiger partial charge < -0.3 is 16.4 Å². The number of rotatable bonds is 5. The van der Waals surface area contributed by atoms with Gasteiger partial charge in [-0.05, 0) is 67.9 Å². The van der Waals surface area contributed by atoms with Gasteiger partial charge in [0.15, 0.2) is 5.65 Å². The third kappa shape index (κ3) is 5.32. The standard InChI is InChI=1S/C28H22F3N7O2/c1-15-9-10-21(34-25(39)17-5-3-6-18(11-17)28(29,30)31)13-23(15)38-16(2)22-14-33-26(36-24(22)37-27(38)40)35-20-8-4-7-19(32)12-20/h3-14H,32H2,1-2H3,(H,34,39)(H,35,36,37,40). The number of alkyl halides is 3. The lowest BCUT2D eigenvalue weighted by molar-refractivity contribution is -0.137. The zero-order valence-electron chi connectivity index (χ0n) is 21.2. The summed E-state index contributed by atoms with van der Waals surface area (Å²) in [4.78, 5) is 38.7. The van der Waals surface area contributed by atoms with E-state index in [1.165, 1.54) is 16.7 Å². The van der Waals surface area contributed by atoms with E-state index < -0.39 is 23.3 Å². The highest BCUT2D eigenvalue weighted by atomic mass is 19.4. The van der Waals surface area contributed by atoms with Gasteiger partial charge in [0.25, 0.3) is 5.91 Å². The predicted molar refractivity (Wildman–Crippen MR) is 146 cm³/mol. The van der Waals surface area contributed by atoms with Crippen molar-refractivity contribution in [1.29, 1.82) is 0 Å². The van der Waals surface area contributed by atoms with E-state index in [0.29, 0.717) is 33.7 Å². The maximum atomic E-state index is 13.2. The molecule has 9 nitrogen and oxygen atoms in total. The summed E-state index contributed by atoms with van der Waals surface area (Å²) in [6.45, 7) is 3.49. The van der Waals surface area contributed by atoms with Gasteiger partial charge in [-0.3, -0.25) is 9.36 Å². The highest BCUT2D eigenvalue weighted by molar-refractivity contribution is 6.04. The Hall–Kier alpha value is -5.26. The van der Waals surface area contributed by atoms with Crippen molar-refractivity contribution in [3.63, 3.8) is 0 Å². The Kier molecular flexibility index (Phi) is 6.68. The van der Waals surface area contributed by atoms with E-state index in [9.17, 15) is 22.8 Å². The van der Waals surface area contributed by atoms with Gasteiger partial charge in [-0.25, -0.2) is 9.78 Å². The van der Waals surface area contributed by atoms with Crippen molar-refractivity contribution >= 4 is 40.0 Å². The molecule has 0 atom stereocenters. The summed E-state index contributed by atoms with van der Waals surface area (Å²) >= 11 is 0. The molecule has 5 aromatic rings. The van der Waals surface area contributed by atoms with Crippen LogP contribution in [0.3, 0.4) is 0 Å². The third-order valence-electron chi connectivity index (χ3n) is 6.19. The van der Waals surface area contributed by atoms with Crippen molar-refractivity contribution in [2.75, 3.05) is 16.4 Å². The van der Waals surface area contributed by atoms with E-state index in [4.69, 9.17) is 5.73 Å². The second-order valence-corrected chi connectivity index (χ2v) is 9.03. The Morgan fingerprint density at radius 2 is 1.73 bits per heavy atom. The van der Waals surface area contributed by atoms with Crippen LogP contribution < -0.4 is 22.1 Å². The first kappa shape index (κ1) is 26.4. The number of aryl methyl sites for hydroxylation is 2. The minimum atomic E-state index is -4.58. The summed E-state index contributed by atoms with van der Waals surface area (Å²) in [5, 5.41) is 6.15. The molecule has 2 heterocycles. The minimum absolute atomic E-state index is 0.155. The second-order valence-electron chi connectivity index (χ2n) is 9.03. The molecule has 0 aliphatic carbocycles. The lowest BCUT2D eigenvalue weighted by Gasteiger charge is -2.16. The van der Waals surface area contributed by atoms with E-state index >= 15 is 0 Å². The molecular weight excluding hydrogens is 523 g/mol. The van der Waals surface area contributed by atoms with Crippen molar-refractivity contribution in [2.45, 2.75) is 20.0 Å². The van der Waals surface area contributed by atoms with Crippen LogP contribution in [0.5, 0.6) is 0 Å². The Labute approximate surface area is 225 Å². The molecule has 5 rings (SSSR count). The van der Waals surface area contributed by atoms with Gasteiger partial charge in [-0.15, -0.1) is 0 Å². The van der Waals surface area contributed by atoms with Crippen molar-refractivity contribution in [3.05, 3.63) is 106 Å². The van der Waals surface area contributed by atoms with E-state index in [1.807, 2.05) is 0 Å². The normalized spacial score (nSPS) is 11.4. The Balaban J connectivity index is 1.47. The molecule has 0 aliphatic heterocycles. The topological polar surface area (TPSA) is 128 Å². The molecule has 3 aromatic carbocycles. The summed E-state index contributed by atoms with van der Waals surface area (Å²) in [6.07, 6.45) is -3.03. The molecule has 40 heavy (non-hydrogen) atoms. The quantitative estimate of drug-likeness (QED) is 0.253. The van der Waals surface area contributed by atoms with Crippen LogP contribution in [0.2, 0.25) is 0 Å². The Morgan fingerprint density at radius 3 is 2.48 bits per heavy atom. The average molecular weight is 546 g/mol. The van der Waals surface area contributed by atoms with Crippen LogP contribution in [0.1, 0.15) is 27.2 Å². The van der Waals surface area contributed by atoms with Crippen LogP contribution in [0.15, 0.2) is 77.7 Å². The molecule has 0 aliphatic rings. The fourth-order valence-corrected chi connectivity index (χ4v) is 4.18. The number of hydrogen-bond acceptors (Lipinski definition) is 7. The molecule has 1 amide bonds. The van der Waals surface area contributed by atoms with E-state index in [1.54, 1.807) is 62.5 Å². The lowest BCUT2D eigenvalue weighted by Crippen LogP contribution is -2.25. The fraction of sp³-hybridized carbons (Fsp3) is 0.107. The van der Waals surface area contributed by atoms with Crippen molar-refractivity contribution < 1.29 is 18.0 Å². The number of carbonyl (C=O) groups is 1. The molecular formula is C28H22F3N7O2. The number of amides is 1. The second kappa shape index (κ2) is 10.1. The first-order valence-electron chi connectivity index (χ1n) is 12.0. The van der Waals surface area contributed by atoms with Crippen molar-refractivity contribution in [3.8, 4) is 5.69 Å². The lowest BCUT2D eigenvalue weighted by atomic mass is 10.1. The third-order valence-corrected chi connectivity index (χ3v) is 6.19. The largest absolute Gasteiger partial charge is 0.416 e. The van der Waals surface area contributed by atoms with Crippen LogP contribution >= 0.6 is 0 Å². The van der Waals surface area contributed by atoms with Crippen molar-refractivity contribution in [2.24, 2.45) is 0 Å². The van der Waals surface area contributed by atoms with Gasteiger partial charge in [0.1, 0.15) is 0 Å². The van der Waals surface area contributed by atoms with Crippen LogP contribution in [0.4, 0.5) is 36.2 Å². The number of hydrogen-bond donors (Lipinski definition) is 3. The number of nitrogens with one attached hydrogen (secondary N) is 2. The van der Waals surface area contributed by atoms with Gasteiger partial charge in [-0.2, -0.15) is 23.1 Å². The molecule has 0 spiro atoms. The first-order chi connectivity index (χ1) is 19.0. The number of fused-ring (bicyclic) bond motifs is 1. The molecule has 0 fully saturated rings. The summed E-state index contributed by atoms with van der Waals surface area (Å²) < 4.78 is 40.6. The summed E-state index contributed by atoms with van der Waals surface area (Å²) in [5.74, 6) is -0.493. The van der Waals surface area contributed by atoms with Crippen LogP contribution in [-0.2, 0) is 6.18 Å². The number of anilines is 4. The Bertz CT molecular complexity index is 1830. The molecule has 2 aromatic heterocycles. The maximum Gasteiger partial charge on any atom is 0.416 e. The molecule has 0 saturated carbocycles. The molecule has 12 heteroatoms. The molecule has 0 unspecified atom stereocenters. The summed E-state index contributed by atoms with van der Waals surface area (Å²) in [7, 11) is 0. The minimum Gasteiger partial charge on any atom is -0.399 e. The molecule has 202 valence electrons. The van der Waals surface area contributed by atoms with Gasteiger partial charge >= 0.3 is 11.9 Å². The number of benzene rings is 3. The zero-order chi connectivity index (χ0) is 28.6. The van der Waals surface area contributed by atoms with E-state index in [0.717, 1.165) is 12.1 Å². The average Bonchev–Trinajstić information content (AvgIpc) is 2.90. The maximum absolute atomic E-state index is 13.2. The summed E-state index contributed by atoms with van der Waals surface area (Å²) in [6, 6.07) is 16.0. The van der Waals surface area contributed by atoms with E-state index in [-0.39, 0.29) is 22.8 Å². The monoisotopic (exact) mass is 545 g/mol. The SMILES string of the molecule is Cc1ccc(NC(=O)c2cccc(C(F)(F)F)c2)cc1-n1c(C)c2cnc(Nc3cccc(N)c3)nc2nc1=O. The number of aromatic nitrogens is 4. The number of nitrogen functional groups attached to an aromatic ring is 1. The smallest absolute Gasteiger partial charge is 0.399 e. The molecule has 0 radical (unpaired) electrons. The highest BCUT2D eigenvalue weighted by Gasteiger charge is 2.31. The number of nitrogens with zero attached hydrogens (tertiary/aromatic N) is 4. The van der Waals surface area contributed by atoms with Crippen molar-refractivity contribution in [1.82, 2.24) is 19.5 Å². The van der Waals surface area contributed by atoms with Gasteiger partial charge in [0, 0.05) is 34.5 Å².